The predicted molar refractivity (Wildman–Crippen MR) is 70.8 cm³/mol. The van der Waals surface area contributed by atoms with E-state index in [1.807, 2.05) is 24.3 Å². The molecule has 18 heavy (non-hydrogen) atoms. The van der Waals surface area contributed by atoms with E-state index < -0.39 is 0 Å². The van der Waals surface area contributed by atoms with Crippen molar-refractivity contribution < 1.29 is 9.18 Å². The third kappa shape index (κ3) is 2.74. The molecule has 0 aliphatic carbocycles. The first-order valence-electron chi connectivity index (χ1n) is 5.85. The fourth-order valence-corrected chi connectivity index (χ4v) is 1.71. The van der Waals surface area contributed by atoms with Crippen LogP contribution in [-0.2, 0) is 4.79 Å². The molecule has 2 rings (SSSR count). The number of amides is 1. The Labute approximate surface area is 105 Å². The number of hydrogen-bond acceptors (Lipinski definition) is 1. The summed E-state index contributed by atoms with van der Waals surface area (Å²) in [6.45, 7) is 1.80. The van der Waals surface area contributed by atoms with E-state index in [-0.39, 0.29) is 11.7 Å². The van der Waals surface area contributed by atoms with E-state index in [1.54, 1.807) is 19.1 Å². The first-order valence-corrected chi connectivity index (χ1v) is 5.85. The number of hydrogen-bond donors (Lipinski definition) is 1. The van der Waals surface area contributed by atoms with Gasteiger partial charge in [-0.05, 0) is 23.8 Å². The van der Waals surface area contributed by atoms with Crippen LogP contribution in [0.4, 0.5) is 10.1 Å². The van der Waals surface area contributed by atoms with Crippen molar-refractivity contribution in [3.8, 4) is 11.1 Å². The smallest absolute Gasteiger partial charge is 0.224 e. The molecule has 1 N–H and O–H groups in total. The molecule has 2 aromatic rings. The van der Waals surface area contributed by atoms with E-state index in [0.29, 0.717) is 6.42 Å². The number of anilines is 1. The van der Waals surface area contributed by atoms with E-state index in [0.717, 1.165) is 16.8 Å². The maximum atomic E-state index is 12.9. The topological polar surface area (TPSA) is 29.1 Å². The average Bonchev–Trinajstić information content (AvgIpc) is 2.40. The summed E-state index contributed by atoms with van der Waals surface area (Å²) in [5, 5.41) is 2.84. The number of carbonyl (C=O) groups excluding carboxylic acids is 1. The van der Waals surface area contributed by atoms with Gasteiger partial charge in [-0.1, -0.05) is 37.3 Å². The molecule has 0 saturated carbocycles. The number of halogens is 1. The molecule has 2 nitrogen and oxygen atoms in total. The zero-order valence-corrected chi connectivity index (χ0v) is 10.1. The Morgan fingerprint density at radius 2 is 1.78 bits per heavy atom. The highest BCUT2D eigenvalue weighted by Crippen LogP contribution is 2.27. The minimum absolute atomic E-state index is 0.0374. The minimum Gasteiger partial charge on any atom is -0.326 e. The SMILES string of the molecule is CCC(=O)Nc1ccccc1-c1ccc(F)cc1. The zero-order valence-electron chi connectivity index (χ0n) is 10.1. The molecule has 3 heteroatoms. The lowest BCUT2D eigenvalue weighted by Gasteiger charge is -2.10. The second-order valence-electron chi connectivity index (χ2n) is 3.95. The van der Waals surface area contributed by atoms with E-state index in [9.17, 15) is 9.18 Å². The summed E-state index contributed by atoms with van der Waals surface area (Å²) in [6.07, 6.45) is 0.428. The van der Waals surface area contributed by atoms with Crippen molar-refractivity contribution >= 4 is 11.6 Å². The summed E-state index contributed by atoms with van der Waals surface area (Å²) in [5.41, 5.74) is 2.51. The quantitative estimate of drug-likeness (QED) is 0.871. The normalized spacial score (nSPS) is 10.1. The molecule has 0 heterocycles. The van der Waals surface area contributed by atoms with Crippen molar-refractivity contribution in [1.29, 1.82) is 0 Å². The van der Waals surface area contributed by atoms with Gasteiger partial charge in [0.2, 0.25) is 5.91 Å². The van der Waals surface area contributed by atoms with Crippen molar-refractivity contribution in [1.82, 2.24) is 0 Å². The van der Waals surface area contributed by atoms with E-state index in [2.05, 4.69) is 5.32 Å². The Bertz CT molecular complexity index is 549. The maximum absolute atomic E-state index is 12.9. The summed E-state index contributed by atoms with van der Waals surface area (Å²) in [5.74, 6) is -0.307. The van der Waals surface area contributed by atoms with Crippen LogP contribution in [0.25, 0.3) is 11.1 Å². The lowest BCUT2D eigenvalue weighted by molar-refractivity contribution is -0.115. The van der Waals surface area contributed by atoms with E-state index >= 15 is 0 Å². The van der Waals surface area contributed by atoms with Crippen LogP contribution in [0.3, 0.4) is 0 Å². The molecule has 0 bridgehead atoms. The summed E-state index contributed by atoms with van der Waals surface area (Å²) in [7, 11) is 0. The van der Waals surface area contributed by atoms with Crippen LogP contribution in [0.15, 0.2) is 48.5 Å². The van der Waals surface area contributed by atoms with Crippen LogP contribution in [0.1, 0.15) is 13.3 Å². The summed E-state index contributed by atoms with van der Waals surface area (Å²) < 4.78 is 12.9. The van der Waals surface area contributed by atoms with Gasteiger partial charge in [0.05, 0.1) is 0 Å². The van der Waals surface area contributed by atoms with Gasteiger partial charge in [-0.25, -0.2) is 4.39 Å². The number of carbonyl (C=O) groups is 1. The fraction of sp³-hybridized carbons (Fsp3) is 0.133. The molecule has 0 saturated heterocycles. The second-order valence-corrected chi connectivity index (χ2v) is 3.95. The van der Waals surface area contributed by atoms with Gasteiger partial charge in [-0.15, -0.1) is 0 Å². The highest BCUT2D eigenvalue weighted by atomic mass is 19.1. The number of rotatable bonds is 3. The highest BCUT2D eigenvalue weighted by Gasteiger charge is 2.06. The van der Waals surface area contributed by atoms with Gasteiger partial charge >= 0.3 is 0 Å². The Balaban J connectivity index is 2.38. The van der Waals surface area contributed by atoms with Crippen molar-refractivity contribution in [3.05, 3.63) is 54.3 Å². The third-order valence-electron chi connectivity index (χ3n) is 2.68. The number of benzene rings is 2. The van der Waals surface area contributed by atoms with Gasteiger partial charge in [-0.2, -0.15) is 0 Å². The molecule has 0 unspecified atom stereocenters. The van der Waals surface area contributed by atoms with E-state index in [1.165, 1.54) is 12.1 Å². The van der Waals surface area contributed by atoms with Crippen molar-refractivity contribution in [3.63, 3.8) is 0 Å². The Kier molecular flexibility index (Phi) is 3.72. The molecule has 1 amide bonds. The zero-order chi connectivity index (χ0) is 13.0. The molecule has 0 aliphatic heterocycles. The molecule has 0 atom stereocenters. The van der Waals surface area contributed by atoms with Crippen LogP contribution in [0.5, 0.6) is 0 Å². The van der Waals surface area contributed by atoms with Crippen LogP contribution < -0.4 is 5.32 Å². The van der Waals surface area contributed by atoms with Gasteiger partial charge in [-0.3, -0.25) is 4.79 Å². The number of para-hydroxylation sites is 1. The monoisotopic (exact) mass is 243 g/mol. The predicted octanol–water partition coefficient (Wildman–Crippen LogP) is 3.84. The summed E-state index contributed by atoms with van der Waals surface area (Å²) in [4.78, 5) is 11.4. The highest BCUT2D eigenvalue weighted by molar-refractivity contribution is 5.95. The van der Waals surface area contributed by atoms with Crippen molar-refractivity contribution in [2.24, 2.45) is 0 Å². The number of nitrogens with one attached hydrogen (secondary N) is 1. The first kappa shape index (κ1) is 12.3. The largest absolute Gasteiger partial charge is 0.326 e. The summed E-state index contributed by atoms with van der Waals surface area (Å²) in [6, 6.07) is 13.7. The van der Waals surface area contributed by atoms with Crippen molar-refractivity contribution in [2.75, 3.05) is 5.32 Å². The molecular weight excluding hydrogens is 229 g/mol. The second kappa shape index (κ2) is 5.45. The van der Waals surface area contributed by atoms with Gasteiger partial charge in [0.15, 0.2) is 0 Å². The average molecular weight is 243 g/mol. The standard InChI is InChI=1S/C15H14FNO/c1-2-15(18)17-14-6-4-3-5-13(14)11-7-9-12(16)10-8-11/h3-10H,2H2,1H3,(H,17,18). The van der Waals surface area contributed by atoms with Crippen LogP contribution in [0.2, 0.25) is 0 Å². The van der Waals surface area contributed by atoms with Gasteiger partial charge < -0.3 is 5.32 Å². The van der Waals surface area contributed by atoms with Crippen LogP contribution >= 0.6 is 0 Å². The molecule has 0 aromatic heterocycles. The van der Waals surface area contributed by atoms with Gasteiger partial charge in [0.25, 0.3) is 0 Å². The lowest BCUT2D eigenvalue weighted by atomic mass is 10.0. The Hall–Kier alpha value is -2.16. The molecular formula is C15H14FNO. The van der Waals surface area contributed by atoms with Gasteiger partial charge in [0, 0.05) is 17.7 Å². The summed E-state index contributed by atoms with van der Waals surface area (Å²) >= 11 is 0. The Morgan fingerprint density at radius 1 is 1.11 bits per heavy atom. The Morgan fingerprint density at radius 3 is 2.44 bits per heavy atom. The van der Waals surface area contributed by atoms with Gasteiger partial charge in [0.1, 0.15) is 5.82 Å². The molecule has 2 aromatic carbocycles. The molecule has 0 spiro atoms. The fourth-order valence-electron chi connectivity index (χ4n) is 1.71. The van der Waals surface area contributed by atoms with E-state index in [4.69, 9.17) is 0 Å². The minimum atomic E-state index is -0.270. The molecule has 92 valence electrons. The first-order chi connectivity index (χ1) is 8.70. The van der Waals surface area contributed by atoms with Crippen LogP contribution in [0, 0.1) is 5.82 Å². The van der Waals surface area contributed by atoms with Crippen LogP contribution in [-0.4, -0.2) is 5.91 Å². The third-order valence-corrected chi connectivity index (χ3v) is 2.68. The van der Waals surface area contributed by atoms with Crippen molar-refractivity contribution in [2.45, 2.75) is 13.3 Å². The molecule has 0 radical (unpaired) electrons. The lowest BCUT2D eigenvalue weighted by Crippen LogP contribution is -2.10. The molecule has 0 aliphatic rings. The molecule has 0 fully saturated rings. The maximum Gasteiger partial charge on any atom is 0.224 e.